The molecule has 0 bridgehead atoms. The molecule has 88 valence electrons. The second-order valence-corrected chi connectivity index (χ2v) is 3.42. The third kappa shape index (κ3) is 2.24. The Labute approximate surface area is 98.3 Å². The summed E-state index contributed by atoms with van der Waals surface area (Å²) in [4.78, 5) is 8.19. The van der Waals surface area contributed by atoms with Crippen molar-refractivity contribution >= 4 is 0 Å². The van der Waals surface area contributed by atoms with Gasteiger partial charge in [0.05, 0.1) is 7.11 Å². The average molecular weight is 233 g/mol. The SMILES string of the molecule is COc1nccnc1-c1cc(F)ccc1CN. The van der Waals surface area contributed by atoms with Gasteiger partial charge in [-0.2, -0.15) is 0 Å². The van der Waals surface area contributed by atoms with E-state index in [1.807, 2.05) is 0 Å². The van der Waals surface area contributed by atoms with Crippen LogP contribution in [0.15, 0.2) is 30.6 Å². The summed E-state index contributed by atoms with van der Waals surface area (Å²) in [7, 11) is 1.49. The Morgan fingerprint density at radius 1 is 1.29 bits per heavy atom. The molecule has 17 heavy (non-hydrogen) atoms. The molecule has 1 aromatic heterocycles. The fourth-order valence-corrected chi connectivity index (χ4v) is 1.61. The van der Waals surface area contributed by atoms with Crippen molar-refractivity contribution in [2.75, 3.05) is 7.11 Å². The number of methoxy groups -OCH3 is 1. The lowest BCUT2D eigenvalue weighted by Crippen LogP contribution is -2.02. The van der Waals surface area contributed by atoms with Crippen LogP contribution in [0.1, 0.15) is 5.56 Å². The molecule has 1 heterocycles. The fourth-order valence-electron chi connectivity index (χ4n) is 1.61. The van der Waals surface area contributed by atoms with Crippen LogP contribution in [-0.2, 0) is 6.54 Å². The summed E-state index contributed by atoms with van der Waals surface area (Å²) in [5.41, 5.74) is 7.52. The average Bonchev–Trinajstić information content (AvgIpc) is 2.38. The van der Waals surface area contributed by atoms with Crippen molar-refractivity contribution in [1.82, 2.24) is 9.97 Å². The molecule has 0 amide bonds. The number of rotatable bonds is 3. The van der Waals surface area contributed by atoms with Gasteiger partial charge >= 0.3 is 0 Å². The Hall–Kier alpha value is -2.01. The number of ether oxygens (including phenoxy) is 1. The highest BCUT2D eigenvalue weighted by Crippen LogP contribution is 2.28. The Kier molecular flexibility index (Phi) is 3.30. The lowest BCUT2D eigenvalue weighted by molar-refractivity contribution is 0.397. The van der Waals surface area contributed by atoms with Gasteiger partial charge in [0.25, 0.3) is 0 Å². The highest BCUT2D eigenvalue weighted by molar-refractivity contribution is 5.67. The Balaban J connectivity index is 2.62. The van der Waals surface area contributed by atoms with Crippen molar-refractivity contribution in [3.05, 3.63) is 42.0 Å². The number of hydrogen-bond donors (Lipinski definition) is 1. The van der Waals surface area contributed by atoms with Crippen LogP contribution >= 0.6 is 0 Å². The van der Waals surface area contributed by atoms with Gasteiger partial charge < -0.3 is 10.5 Å². The number of hydrogen-bond acceptors (Lipinski definition) is 4. The van der Waals surface area contributed by atoms with Gasteiger partial charge in [0.15, 0.2) is 0 Å². The number of aromatic nitrogens is 2. The second-order valence-electron chi connectivity index (χ2n) is 3.42. The molecule has 0 aliphatic rings. The maximum Gasteiger partial charge on any atom is 0.240 e. The van der Waals surface area contributed by atoms with Crippen molar-refractivity contribution in [3.8, 4) is 17.1 Å². The quantitative estimate of drug-likeness (QED) is 0.877. The molecule has 0 radical (unpaired) electrons. The molecule has 5 heteroatoms. The summed E-state index contributed by atoms with van der Waals surface area (Å²) in [6.45, 7) is 0.301. The minimum Gasteiger partial charge on any atom is -0.479 e. The van der Waals surface area contributed by atoms with Crippen LogP contribution in [0.2, 0.25) is 0 Å². The van der Waals surface area contributed by atoms with E-state index in [9.17, 15) is 4.39 Å². The van der Waals surface area contributed by atoms with Gasteiger partial charge in [0, 0.05) is 24.5 Å². The molecule has 0 fully saturated rings. The maximum atomic E-state index is 13.3. The van der Waals surface area contributed by atoms with E-state index < -0.39 is 0 Å². The monoisotopic (exact) mass is 233 g/mol. The van der Waals surface area contributed by atoms with Crippen LogP contribution in [0.3, 0.4) is 0 Å². The van der Waals surface area contributed by atoms with E-state index in [0.29, 0.717) is 23.7 Å². The van der Waals surface area contributed by atoms with E-state index in [1.54, 1.807) is 6.07 Å². The van der Waals surface area contributed by atoms with Crippen molar-refractivity contribution < 1.29 is 9.13 Å². The third-order valence-electron chi connectivity index (χ3n) is 2.40. The third-order valence-corrected chi connectivity index (χ3v) is 2.40. The van der Waals surface area contributed by atoms with Gasteiger partial charge in [-0.3, -0.25) is 0 Å². The first-order chi connectivity index (χ1) is 8.26. The van der Waals surface area contributed by atoms with Crippen molar-refractivity contribution in [2.24, 2.45) is 5.73 Å². The summed E-state index contributed by atoms with van der Waals surface area (Å²) >= 11 is 0. The Morgan fingerprint density at radius 3 is 2.76 bits per heavy atom. The molecule has 4 nitrogen and oxygen atoms in total. The van der Waals surface area contributed by atoms with Gasteiger partial charge in [-0.05, 0) is 17.7 Å². The maximum absolute atomic E-state index is 13.3. The molecule has 0 aliphatic heterocycles. The molecule has 0 atom stereocenters. The normalized spacial score (nSPS) is 10.3. The van der Waals surface area contributed by atoms with Crippen LogP contribution < -0.4 is 10.5 Å². The van der Waals surface area contributed by atoms with Crippen LogP contribution in [0.25, 0.3) is 11.3 Å². The summed E-state index contributed by atoms with van der Waals surface area (Å²) in [6.07, 6.45) is 3.05. The molecule has 0 saturated carbocycles. The van der Waals surface area contributed by atoms with E-state index in [4.69, 9.17) is 10.5 Å². The number of benzene rings is 1. The van der Waals surface area contributed by atoms with Crippen molar-refractivity contribution in [1.29, 1.82) is 0 Å². The molecule has 2 rings (SSSR count). The van der Waals surface area contributed by atoms with E-state index >= 15 is 0 Å². The summed E-state index contributed by atoms with van der Waals surface area (Å²) in [5.74, 6) is 0.0118. The zero-order valence-corrected chi connectivity index (χ0v) is 9.35. The topological polar surface area (TPSA) is 61.0 Å². The molecule has 0 saturated heterocycles. The van der Waals surface area contributed by atoms with E-state index in [2.05, 4.69) is 9.97 Å². The molecular weight excluding hydrogens is 221 g/mol. The summed E-state index contributed by atoms with van der Waals surface area (Å²) in [5, 5.41) is 0. The fraction of sp³-hybridized carbons (Fsp3) is 0.167. The van der Waals surface area contributed by atoms with E-state index in [1.165, 1.54) is 31.6 Å². The zero-order chi connectivity index (χ0) is 12.3. The smallest absolute Gasteiger partial charge is 0.240 e. The first-order valence-electron chi connectivity index (χ1n) is 5.10. The van der Waals surface area contributed by atoms with Gasteiger partial charge in [0.2, 0.25) is 5.88 Å². The summed E-state index contributed by atoms with van der Waals surface area (Å²) < 4.78 is 18.4. The van der Waals surface area contributed by atoms with E-state index in [-0.39, 0.29) is 5.82 Å². The van der Waals surface area contributed by atoms with Crippen LogP contribution in [-0.4, -0.2) is 17.1 Å². The molecule has 0 unspecified atom stereocenters. The largest absolute Gasteiger partial charge is 0.479 e. The van der Waals surface area contributed by atoms with Crippen LogP contribution in [0, 0.1) is 5.82 Å². The molecule has 0 aliphatic carbocycles. The summed E-state index contributed by atoms with van der Waals surface area (Å²) in [6, 6.07) is 4.39. The lowest BCUT2D eigenvalue weighted by atomic mass is 10.0. The van der Waals surface area contributed by atoms with Crippen molar-refractivity contribution in [3.63, 3.8) is 0 Å². The minimum atomic E-state index is -0.343. The standard InChI is InChI=1S/C12H12FN3O/c1-17-12-11(15-4-5-16-12)10-6-9(13)3-2-8(10)7-14/h2-6H,7,14H2,1H3. The molecular formula is C12H12FN3O. The lowest BCUT2D eigenvalue weighted by Gasteiger charge is -2.09. The van der Waals surface area contributed by atoms with Crippen LogP contribution in [0.4, 0.5) is 4.39 Å². The molecule has 2 aromatic rings. The highest BCUT2D eigenvalue weighted by atomic mass is 19.1. The van der Waals surface area contributed by atoms with Gasteiger partial charge in [-0.25, -0.2) is 14.4 Å². The van der Waals surface area contributed by atoms with Gasteiger partial charge in [-0.1, -0.05) is 6.07 Å². The number of halogens is 1. The first-order valence-corrected chi connectivity index (χ1v) is 5.10. The Morgan fingerprint density at radius 2 is 2.06 bits per heavy atom. The van der Waals surface area contributed by atoms with Gasteiger partial charge in [0.1, 0.15) is 11.5 Å². The molecule has 1 aromatic carbocycles. The zero-order valence-electron chi connectivity index (χ0n) is 9.35. The molecule has 0 spiro atoms. The molecule has 2 N–H and O–H groups in total. The first kappa shape index (κ1) is 11.5. The van der Waals surface area contributed by atoms with Crippen LogP contribution in [0.5, 0.6) is 5.88 Å². The predicted molar refractivity (Wildman–Crippen MR) is 61.9 cm³/mol. The van der Waals surface area contributed by atoms with E-state index in [0.717, 1.165) is 5.56 Å². The van der Waals surface area contributed by atoms with Crippen molar-refractivity contribution in [2.45, 2.75) is 6.54 Å². The Bertz CT molecular complexity index is 531. The highest BCUT2D eigenvalue weighted by Gasteiger charge is 2.12. The van der Waals surface area contributed by atoms with Gasteiger partial charge in [-0.15, -0.1) is 0 Å². The second kappa shape index (κ2) is 4.88. The minimum absolute atomic E-state index is 0.301. The number of nitrogens with two attached hydrogens (primary N) is 1. The predicted octanol–water partition coefficient (Wildman–Crippen LogP) is 1.75. The number of nitrogens with zero attached hydrogens (tertiary/aromatic N) is 2.